The average Bonchev–Trinajstić information content (AvgIpc) is 2.69. The Morgan fingerprint density at radius 2 is 1.34 bits per heavy atom. The van der Waals surface area contributed by atoms with Crippen molar-refractivity contribution < 1.29 is 19.4 Å². The van der Waals surface area contributed by atoms with E-state index in [1.807, 2.05) is 60.7 Å². The van der Waals surface area contributed by atoms with Crippen molar-refractivity contribution in [3.8, 4) is 6.01 Å². The minimum Gasteiger partial charge on any atom is -0.478 e. The van der Waals surface area contributed by atoms with Crippen LogP contribution in [0.2, 0.25) is 0 Å². The van der Waals surface area contributed by atoms with E-state index in [1.165, 1.54) is 14.0 Å². The molecule has 0 saturated heterocycles. The van der Waals surface area contributed by atoms with Crippen LogP contribution in [0.15, 0.2) is 66.7 Å². The van der Waals surface area contributed by atoms with E-state index in [-0.39, 0.29) is 6.01 Å². The van der Waals surface area contributed by atoms with Crippen molar-refractivity contribution in [1.29, 1.82) is 0 Å². The van der Waals surface area contributed by atoms with Crippen molar-refractivity contribution in [2.45, 2.75) is 32.0 Å². The summed E-state index contributed by atoms with van der Waals surface area (Å²) in [5.41, 5.74) is -0.677. The van der Waals surface area contributed by atoms with Crippen molar-refractivity contribution in [2.24, 2.45) is 0 Å². The minimum absolute atomic E-state index is 0.0133. The Morgan fingerprint density at radius 3 is 1.72 bits per heavy atom. The van der Waals surface area contributed by atoms with Gasteiger partial charge >= 0.3 is 12.0 Å². The van der Waals surface area contributed by atoms with E-state index in [0.29, 0.717) is 22.5 Å². The number of benzene rings is 2. The molecule has 1 heterocycles. The molecule has 0 fully saturated rings. The van der Waals surface area contributed by atoms with Crippen LogP contribution in [0.3, 0.4) is 0 Å². The van der Waals surface area contributed by atoms with Gasteiger partial charge in [-0.2, -0.15) is 0 Å². The first-order chi connectivity index (χ1) is 13.8. The second-order valence-corrected chi connectivity index (χ2v) is 6.99. The van der Waals surface area contributed by atoms with Crippen molar-refractivity contribution in [3.63, 3.8) is 0 Å². The fourth-order valence-corrected chi connectivity index (χ4v) is 3.68. The van der Waals surface area contributed by atoms with E-state index in [4.69, 9.17) is 9.47 Å². The molecule has 0 spiro atoms. The Morgan fingerprint density at radius 1 is 0.897 bits per heavy atom. The monoisotopic (exact) mass is 392 g/mol. The molecule has 0 aliphatic rings. The van der Waals surface area contributed by atoms with Gasteiger partial charge in [0.2, 0.25) is 5.60 Å². The van der Waals surface area contributed by atoms with Crippen LogP contribution in [0, 0.1) is 13.8 Å². The number of aliphatic carboxylic acids is 1. The van der Waals surface area contributed by atoms with Crippen LogP contribution in [0.4, 0.5) is 0 Å². The highest BCUT2D eigenvalue weighted by Gasteiger charge is 2.59. The summed E-state index contributed by atoms with van der Waals surface area (Å²) in [5, 5.41) is 10.4. The number of carboxylic acids is 1. The third kappa shape index (κ3) is 3.59. The number of hydrogen-bond donors (Lipinski definition) is 1. The molecular weight excluding hydrogens is 368 g/mol. The molecule has 2 aromatic carbocycles. The maximum Gasteiger partial charge on any atom is 0.351 e. The molecule has 3 rings (SSSR count). The summed E-state index contributed by atoms with van der Waals surface area (Å²) in [6.07, 6.45) is 0. The van der Waals surface area contributed by atoms with Crippen molar-refractivity contribution >= 4 is 5.97 Å². The van der Waals surface area contributed by atoms with E-state index in [1.54, 1.807) is 19.9 Å². The molecule has 1 N–H and O–H groups in total. The van der Waals surface area contributed by atoms with Crippen molar-refractivity contribution in [3.05, 3.63) is 89.2 Å². The number of rotatable bonds is 7. The van der Waals surface area contributed by atoms with Gasteiger partial charge in [0.1, 0.15) is 0 Å². The highest BCUT2D eigenvalue weighted by Crippen LogP contribution is 2.45. The molecule has 150 valence electrons. The van der Waals surface area contributed by atoms with Gasteiger partial charge in [-0.3, -0.25) is 0 Å². The molecule has 1 atom stereocenters. The Kier molecular flexibility index (Phi) is 5.66. The van der Waals surface area contributed by atoms with E-state index in [2.05, 4.69) is 9.97 Å². The quantitative estimate of drug-likeness (QED) is 0.657. The summed E-state index contributed by atoms with van der Waals surface area (Å²) in [4.78, 5) is 21.3. The third-order valence-electron chi connectivity index (χ3n) is 5.00. The molecule has 6 nitrogen and oxygen atoms in total. The number of carboxylic acid groups (broad SMARTS) is 1. The topological polar surface area (TPSA) is 81.5 Å². The highest BCUT2D eigenvalue weighted by molar-refractivity contribution is 5.81. The normalized spacial score (nSPS) is 13.5. The summed E-state index contributed by atoms with van der Waals surface area (Å²) in [6.45, 7) is 5.09. The number of hydrogen-bond acceptors (Lipinski definition) is 5. The molecule has 0 unspecified atom stereocenters. The van der Waals surface area contributed by atoms with Crippen LogP contribution in [0.1, 0.15) is 29.4 Å². The second kappa shape index (κ2) is 8.01. The lowest BCUT2D eigenvalue weighted by Gasteiger charge is -2.44. The lowest BCUT2D eigenvalue weighted by molar-refractivity contribution is -0.183. The smallest absolute Gasteiger partial charge is 0.351 e. The summed E-state index contributed by atoms with van der Waals surface area (Å²) in [7, 11) is 1.48. The Balaban J connectivity index is 2.29. The first-order valence-electron chi connectivity index (χ1n) is 9.24. The molecule has 0 saturated carbocycles. The van der Waals surface area contributed by atoms with Gasteiger partial charge in [0.25, 0.3) is 0 Å². The Labute approximate surface area is 170 Å². The summed E-state index contributed by atoms with van der Waals surface area (Å²) >= 11 is 0. The fourth-order valence-electron chi connectivity index (χ4n) is 3.68. The van der Waals surface area contributed by atoms with Crippen LogP contribution < -0.4 is 4.74 Å². The number of carbonyl (C=O) groups is 1. The van der Waals surface area contributed by atoms with Gasteiger partial charge in [0.05, 0.1) is 0 Å². The van der Waals surface area contributed by atoms with E-state index >= 15 is 0 Å². The predicted octanol–water partition coefficient (Wildman–Crippen LogP) is 3.91. The van der Waals surface area contributed by atoms with Gasteiger partial charge < -0.3 is 14.6 Å². The standard InChI is InChI=1S/C23H24N2O4/c1-16-15-17(2)25-21(24-16)29-22(3,20(26)27)23(28-4,18-11-7-5-8-12-18)19-13-9-6-10-14-19/h5-15H,1-4H3,(H,26,27)/t22-/m1/s1. The predicted molar refractivity (Wildman–Crippen MR) is 109 cm³/mol. The zero-order valence-corrected chi connectivity index (χ0v) is 16.9. The lowest BCUT2D eigenvalue weighted by Crippen LogP contribution is -2.60. The maximum absolute atomic E-state index is 12.7. The maximum atomic E-state index is 12.7. The number of ether oxygens (including phenoxy) is 2. The van der Waals surface area contributed by atoms with Gasteiger partial charge in [-0.1, -0.05) is 60.7 Å². The number of methoxy groups -OCH3 is 1. The van der Waals surface area contributed by atoms with Crippen LogP contribution in [0.25, 0.3) is 0 Å². The number of nitrogens with zero attached hydrogens (tertiary/aromatic N) is 2. The first kappa shape index (κ1) is 20.5. The third-order valence-corrected chi connectivity index (χ3v) is 5.00. The molecular formula is C23H24N2O4. The first-order valence-corrected chi connectivity index (χ1v) is 9.24. The van der Waals surface area contributed by atoms with E-state index < -0.39 is 17.2 Å². The van der Waals surface area contributed by atoms with Gasteiger partial charge in [0, 0.05) is 18.5 Å². The Hall–Kier alpha value is -3.25. The van der Waals surface area contributed by atoms with Gasteiger partial charge in [-0.05, 0) is 38.0 Å². The molecule has 0 radical (unpaired) electrons. The van der Waals surface area contributed by atoms with Crippen LogP contribution in [0.5, 0.6) is 6.01 Å². The fraction of sp³-hybridized carbons (Fsp3) is 0.261. The van der Waals surface area contributed by atoms with Gasteiger partial charge in [-0.25, -0.2) is 14.8 Å². The summed E-state index contributed by atoms with van der Waals surface area (Å²) in [5.74, 6) is -1.20. The van der Waals surface area contributed by atoms with Gasteiger partial charge in [0.15, 0.2) is 5.60 Å². The second-order valence-electron chi connectivity index (χ2n) is 6.99. The van der Waals surface area contributed by atoms with Gasteiger partial charge in [-0.15, -0.1) is 0 Å². The number of aryl methyl sites for hydroxylation is 2. The zero-order valence-electron chi connectivity index (χ0n) is 16.9. The zero-order chi connectivity index (χ0) is 21.1. The highest BCUT2D eigenvalue weighted by atomic mass is 16.6. The molecule has 0 aliphatic carbocycles. The van der Waals surface area contributed by atoms with Crippen LogP contribution in [-0.4, -0.2) is 33.8 Å². The lowest BCUT2D eigenvalue weighted by atomic mass is 9.73. The Bertz CT molecular complexity index is 933. The largest absolute Gasteiger partial charge is 0.478 e. The van der Waals surface area contributed by atoms with E-state index in [9.17, 15) is 9.90 Å². The molecule has 0 amide bonds. The van der Waals surface area contributed by atoms with Crippen LogP contribution in [-0.2, 0) is 15.1 Å². The molecule has 6 heteroatoms. The molecule has 29 heavy (non-hydrogen) atoms. The SMILES string of the molecule is COC(c1ccccc1)(c1ccccc1)[C@](C)(Oc1nc(C)cc(C)n1)C(=O)O. The van der Waals surface area contributed by atoms with Crippen molar-refractivity contribution in [1.82, 2.24) is 9.97 Å². The molecule has 3 aromatic rings. The summed E-state index contributed by atoms with van der Waals surface area (Å²) < 4.78 is 12.1. The average molecular weight is 392 g/mol. The number of aromatic nitrogens is 2. The van der Waals surface area contributed by atoms with Crippen molar-refractivity contribution in [2.75, 3.05) is 7.11 Å². The molecule has 0 aliphatic heterocycles. The minimum atomic E-state index is -1.87. The van der Waals surface area contributed by atoms with Crippen LogP contribution >= 0.6 is 0 Å². The molecule has 0 bridgehead atoms. The molecule has 1 aromatic heterocycles. The summed E-state index contributed by atoms with van der Waals surface area (Å²) in [6, 6.07) is 20.1. The van der Waals surface area contributed by atoms with E-state index in [0.717, 1.165) is 0 Å².